The molecule has 3 aromatic rings. The number of β-lactam (4-membered cyclic amide) rings is 1. The Labute approximate surface area is 232 Å². The summed E-state index contributed by atoms with van der Waals surface area (Å²) in [4.78, 5) is 54.6. The van der Waals surface area contributed by atoms with Gasteiger partial charge in [0.15, 0.2) is 10.8 Å². The van der Waals surface area contributed by atoms with Crippen molar-refractivity contribution in [3.05, 3.63) is 46.3 Å². The van der Waals surface area contributed by atoms with E-state index < -0.39 is 34.8 Å². The molecule has 18 heteroatoms. The fourth-order valence-corrected chi connectivity index (χ4v) is 6.51. The molecule has 0 radical (unpaired) electrons. The summed E-state index contributed by atoms with van der Waals surface area (Å²) in [7, 11) is 0. The number of tetrazole rings is 1. The largest absolute Gasteiger partial charge is 0.478 e. The molecule has 2 aliphatic rings. The number of aromatic nitrogens is 6. The summed E-state index contributed by atoms with van der Waals surface area (Å²) < 4.78 is 0. The molecular weight excluding hydrogens is 568 g/mol. The summed E-state index contributed by atoms with van der Waals surface area (Å²) >= 11 is 3.98. The monoisotopic (exact) mass is 588 g/mol. The third-order valence-electron chi connectivity index (χ3n) is 5.53. The van der Waals surface area contributed by atoms with Crippen LogP contribution in [0.1, 0.15) is 25.4 Å². The molecule has 0 saturated carbocycles. The molecule has 2 amide bonds. The van der Waals surface area contributed by atoms with Crippen LogP contribution in [0, 0.1) is 0 Å². The number of hydrogen-bond donors (Lipinski definition) is 4. The number of amides is 2. The van der Waals surface area contributed by atoms with Gasteiger partial charge in [-0.25, -0.2) is 9.78 Å². The van der Waals surface area contributed by atoms with Crippen LogP contribution in [0.4, 0.5) is 5.13 Å². The van der Waals surface area contributed by atoms with E-state index >= 15 is 0 Å². The Kier molecular flexibility index (Phi) is 7.23. The second-order valence-electron chi connectivity index (χ2n) is 8.57. The van der Waals surface area contributed by atoms with E-state index in [1.54, 1.807) is 12.4 Å². The number of aliphatic carboxylic acids is 1. The van der Waals surface area contributed by atoms with Crippen LogP contribution in [0.15, 0.2) is 44.9 Å². The third kappa shape index (κ3) is 5.30. The highest BCUT2D eigenvalue weighted by Gasteiger charge is 2.54. The highest BCUT2D eigenvalue weighted by Crippen LogP contribution is 2.47. The minimum atomic E-state index is -1.72. The minimum Gasteiger partial charge on any atom is -0.478 e. The summed E-state index contributed by atoms with van der Waals surface area (Å²) in [6.07, 6.45) is 3.35. The van der Waals surface area contributed by atoms with Crippen LogP contribution in [0.3, 0.4) is 0 Å². The molecule has 202 valence electrons. The van der Waals surface area contributed by atoms with Crippen molar-refractivity contribution in [2.75, 3.05) is 11.5 Å². The van der Waals surface area contributed by atoms with E-state index in [-0.39, 0.29) is 22.4 Å². The second-order valence-corrected chi connectivity index (χ2v) is 11.7. The zero-order valence-electron chi connectivity index (χ0n) is 20.3. The first-order valence-electron chi connectivity index (χ1n) is 11.2. The van der Waals surface area contributed by atoms with Crippen LogP contribution in [0.2, 0.25) is 0 Å². The third-order valence-corrected chi connectivity index (χ3v) is 8.76. The number of carbonyl (C=O) groups is 3. The number of aromatic amines is 1. The number of carbonyl (C=O) groups excluding carboxylic acids is 2. The van der Waals surface area contributed by atoms with Gasteiger partial charge < -0.3 is 21.0 Å². The van der Waals surface area contributed by atoms with Crippen LogP contribution < -0.4 is 11.1 Å². The van der Waals surface area contributed by atoms with Crippen LogP contribution in [0.25, 0.3) is 5.70 Å². The van der Waals surface area contributed by atoms with E-state index in [1.165, 1.54) is 47.7 Å². The second kappa shape index (κ2) is 10.6. The summed E-state index contributed by atoms with van der Waals surface area (Å²) in [5.74, 6) is -1.69. The molecule has 1 fully saturated rings. The number of nitrogens with one attached hydrogen (secondary N) is 2. The minimum absolute atomic E-state index is 0.0829. The molecule has 0 bridgehead atoms. The molecule has 0 spiro atoms. The smallest absolute Gasteiger partial charge is 0.350 e. The van der Waals surface area contributed by atoms with Crippen LogP contribution >= 0.6 is 34.9 Å². The maximum atomic E-state index is 13.4. The number of oxime groups is 1. The van der Waals surface area contributed by atoms with Crippen molar-refractivity contribution in [3.63, 3.8) is 0 Å². The van der Waals surface area contributed by atoms with E-state index in [0.717, 1.165) is 21.1 Å². The van der Waals surface area contributed by atoms with Crippen LogP contribution in [-0.4, -0.2) is 86.9 Å². The van der Waals surface area contributed by atoms with E-state index in [2.05, 4.69) is 41.1 Å². The Morgan fingerprint density at radius 2 is 2.13 bits per heavy atom. The molecule has 5 N–H and O–H groups in total. The van der Waals surface area contributed by atoms with E-state index in [0.29, 0.717) is 11.4 Å². The Bertz CT molecular complexity index is 1470. The molecule has 2 aliphatic heterocycles. The molecular formula is C21H20N10O5S3. The van der Waals surface area contributed by atoms with Crippen molar-refractivity contribution in [2.24, 2.45) is 5.16 Å². The van der Waals surface area contributed by atoms with Gasteiger partial charge in [-0.05, 0) is 31.2 Å². The lowest BCUT2D eigenvalue weighted by atomic mass is 10.0. The number of nitrogen functional groups attached to an aromatic ring is 1. The van der Waals surface area contributed by atoms with Gasteiger partial charge in [-0.2, -0.15) is 5.21 Å². The number of nitrogens with zero attached hydrogens (tertiary/aromatic N) is 7. The molecule has 0 aromatic carbocycles. The molecule has 15 nitrogen and oxygen atoms in total. The molecule has 5 heterocycles. The molecule has 5 rings (SSSR count). The van der Waals surface area contributed by atoms with Gasteiger partial charge in [0, 0.05) is 33.3 Å². The average molecular weight is 589 g/mol. The van der Waals surface area contributed by atoms with Gasteiger partial charge in [-0.1, -0.05) is 16.9 Å². The van der Waals surface area contributed by atoms with Gasteiger partial charge in [-0.3, -0.25) is 19.5 Å². The number of thioether (sulfide) groups is 2. The van der Waals surface area contributed by atoms with Gasteiger partial charge in [0.1, 0.15) is 22.8 Å². The first-order chi connectivity index (χ1) is 18.7. The van der Waals surface area contributed by atoms with Crippen molar-refractivity contribution in [1.29, 1.82) is 0 Å². The maximum Gasteiger partial charge on any atom is 0.350 e. The topological polar surface area (TPSA) is 215 Å². The molecule has 2 atom stereocenters. The lowest BCUT2D eigenvalue weighted by Crippen LogP contribution is -2.70. The quantitative estimate of drug-likeness (QED) is 0.155. The Morgan fingerprint density at radius 3 is 2.77 bits per heavy atom. The fourth-order valence-electron chi connectivity index (χ4n) is 3.50. The number of carboxylic acids is 1. The average Bonchev–Trinajstić information content (AvgIpc) is 3.60. The summed E-state index contributed by atoms with van der Waals surface area (Å²) in [5.41, 5.74) is 4.26. The predicted octanol–water partition coefficient (Wildman–Crippen LogP) is 0.778. The van der Waals surface area contributed by atoms with Gasteiger partial charge in [0.25, 0.3) is 11.8 Å². The zero-order chi connectivity index (χ0) is 27.7. The Balaban J connectivity index is 1.39. The van der Waals surface area contributed by atoms with Crippen LogP contribution in [0.5, 0.6) is 0 Å². The van der Waals surface area contributed by atoms with E-state index in [9.17, 15) is 19.5 Å². The lowest BCUT2D eigenvalue weighted by Gasteiger charge is -2.49. The van der Waals surface area contributed by atoms with E-state index in [4.69, 9.17) is 10.6 Å². The summed E-state index contributed by atoms with van der Waals surface area (Å²) in [6.45, 7) is 2.56. The van der Waals surface area contributed by atoms with Crippen molar-refractivity contribution in [1.82, 2.24) is 40.8 Å². The lowest BCUT2D eigenvalue weighted by molar-refractivity contribution is -0.161. The SMILES string of the molecule is CC(C)(O/N=C(\C(=O)NC1C(=O)N2C(c3nn[nH]n3)=C(Sc3ccncc3)CSC12)c1csc(N)n1)C(=O)O. The number of fused-ring (bicyclic) bond motifs is 1. The predicted molar refractivity (Wildman–Crippen MR) is 142 cm³/mol. The van der Waals surface area contributed by atoms with Crippen LogP contribution in [-0.2, 0) is 19.2 Å². The fraction of sp³-hybridized carbons (Fsp3) is 0.286. The highest BCUT2D eigenvalue weighted by atomic mass is 32.2. The number of hydrogen-bond acceptors (Lipinski definition) is 14. The van der Waals surface area contributed by atoms with Crippen molar-refractivity contribution in [3.8, 4) is 0 Å². The maximum absolute atomic E-state index is 13.4. The van der Waals surface area contributed by atoms with Gasteiger partial charge in [0.2, 0.25) is 11.4 Å². The normalized spacial score (nSPS) is 19.4. The number of anilines is 1. The highest BCUT2D eigenvalue weighted by molar-refractivity contribution is 8.06. The number of pyridine rings is 1. The number of rotatable bonds is 9. The van der Waals surface area contributed by atoms with Gasteiger partial charge in [-0.15, -0.1) is 33.3 Å². The van der Waals surface area contributed by atoms with E-state index in [1.807, 2.05) is 12.1 Å². The van der Waals surface area contributed by atoms with Crippen molar-refractivity contribution < 1.29 is 24.3 Å². The zero-order valence-corrected chi connectivity index (χ0v) is 22.7. The summed E-state index contributed by atoms with van der Waals surface area (Å²) in [5, 5.41) is 31.2. The van der Waals surface area contributed by atoms with Crippen molar-refractivity contribution >= 4 is 69.2 Å². The number of carboxylic acid groups (broad SMARTS) is 1. The number of nitrogens with two attached hydrogens (primary N) is 1. The Morgan fingerprint density at radius 1 is 1.36 bits per heavy atom. The molecule has 39 heavy (non-hydrogen) atoms. The van der Waals surface area contributed by atoms with Gasteiger partial charge >= 0.3 is 5.97 Å². The van der Waals surface area contributed by atoms with Crippen molar-refractivity contribution in [2.45, 2.75) is 35.8 Å². The number of H-pyrrole nitrogens is 1. The molecule has 1 saturated heterocycles. The molecule has 0 aliphatic carbocycles. The standard InChI is InChI=1S/C21H20N10O5S3/c1-21(2,19(34)35)36-28-12(10-7-38-20(22)24-10)16(32)25-13-17(33)31-14(15-26-29-30-27-15)11(8-37-18(13)31)39-9-3-5-23-6-4-9/h3-7,13,18H,8H2,1-2H3,(H2,22,24)(H,25,32)(H,34,35)(H,26,27,29,30)/b28-12-. The first kappa shape index (κ1) is 26.6. The Hall–Kier alpha value is -4.03. The first-order valence-corrected chi connectivity index (χ1v) is 13.9. The molecule has 3 aromatic heterocycles. The number of thiazole rings is 1. The molecule has 2 unspecified atom stereocenters. The van der Waals surface area contributed by atoms with Gasteiger partial charge in [0.05, 0.1) is 0 Å². The summed E-state index contributed by atoms with van der Waals surface area (Å²) in [6, 6.07) is 2.79.